The average molecular weight is 309 g/mol. The topological polar surface area (TPSA) is 119 Å². The Kier molecular flexibility index (Phi) is 3.96. The minimum absolute atomic E-state index is 0.262. The monoisotopic (exact) mass is 309 g/mol. The SMILES string of the molecule is Cc1c(C(=O)Nc2cccc(NS(N)(=O)=O)c2)cnn1C. The Hall–Kier alpha value is -2.39. The normalized spacial score (nSPS) is 11.2. The van der Waals surface area contributed by atoms with E-state index in [1.54, 1.807) is 30.8 Å². The van der Waals surface area contributed by atoms with Crippen molar-refractivity contribution in [2.75, 3.05) is 10.0 Å². The second kappa shape index (κ2) is 5.54. The molecule has 0 aliphatic heterocycles. The molecule has 0 radical (unpaired) electrons. The van der Waals surface area contributed by atoms with E-state index in [9.17, 15) is 13.2 Å². The molecule has 0 saturated carbocycles. The van der Waals surface area contributed by atoms with Crippen LogP contribution in [0.1, 0.15) is 16.1 Å². The first-order valence-corrected chi connectivity index (χ1v) is 7.51. The third kappa shape index (κ3) is 3.80. The van der Waals surface area contributed by atoms with Gasteiger partial charge in [-0.05, 0) is 25.1 Å². The van der Waals surface area contributed by atoms with Gasteiger partial charge in [-0.1, -0.05) is 6.07 Å². The molecule has 0 aliphatic rings. The highest BCUT2D eigenvalue weighted by Gasteiger charge is 2.13. The van der Waals surface area contributed by atoms with Crippen LogP contribution in [-0.2, 0) is 17.3 Å². The van der Waals surface area contributed by atoms with Crippen molar-refractivity contribution in [2.24, 2.45) is 12.2 Å². The van der Waals surface area contributed by atoms with Gasteiger partial charge in [-0.25, -0.2) is 5.14 Å². The van der Waals surface area contributed by atoms with Gasteiger partial charge in [-0.15, -0.1) is 0 Å². The summed E-state index contributed by atoms with van der Waals surface area (Å²) < 4.78 is 25.7. The largest absolute Gasteiger partial charge is 0.322 e. The van der Waals surface area contributed by atoms with Crippen LogP contribution in [0.4, 0.5) is 11.4 Å². The van der Waals surface area contributed by atoms with Gasteiger partial charge >= 0.3 is 0 Å². The van der Waals surface area contributed by atoms with Crippen molar-refractivity contribution in [1.29, 1.82) is 0 Å². The maximum atomic E-state index is 12.1. The van der Waals surface area contributed by atoms with Gasteiger partial charge in [0.05, 0.1) is 17.4 Å². The Balaban J connectivity index is 2.18. The van der Waals surface area contributed by atoms with Gasteiger partial charge in [0.25, 0.3) is 16.1 Å². The van der Waals surface area contributed by atoms with E-state index in [-0.39, 0.29) is 11.6 Å². The lowest BCUT2D eigenvalue weighted by Crippen LogP contribution is -2.21. The zero-order chi connectivity index (χ0) is 15.6. The lowest BCUT2D eigenvalue weighted by Gasteiger charge is -2.08. The predicted molar refractivity (Wildman–Crippen MR) is 79.1 cm³/mol. The predicted octanol–water partition coefficient (Wildman–Crippen LogP) is 0.596. The number of benzene rings is 1. The fourth-order valence-corrected chi connectivity index (χ4v) is 2.20. The van der Waals surface area contributed by atoms with Crippen molar-refractivity contribution in [3.63, 3.8) is 0 Å². The Morgan fingerprint density at radius 1 is 1.33 bits per heavy atom. The Morgan fingerprint density at radius 3 is 2.57 bits per heavy atom. The molecular formula is C12H15N5O3S. The van der Waals surface area contributed by atoms with Gasteiger partial charge in [-0.2, -0.15) is 13.5 Å². The molecule has 1 aromatic carbocycles. The molecule has 9 heteroatoms. The number of rotatable bonds is 4. The second-order valence-electron chi connectivity index (χ2n) is 4.45. The maximum Gasteiger partial charge on any atom is 0.296 e. The number of nitrogens with zero attached hydrogens (tertiary/aromatic N) is 2. The van der Waals surface area contributed by atoms with Gasteiger partial charge in [0.1, 0.15) is 0 Å². The van der Waals surface area contributed by atoms with Crippen molar-refractivity contribution in [1.82, 2.24) is 9.78 Å². The van der Waals surface area contributed by atoms with E-state index < -0.39 is 10.2 Å². The number of aromatic nitrogens is 2. The molecule has 0 aliphatic carbocycles. The zero-order valence-electron chi connectivity index (χ0n) is 11.5. The van der Waals surface area contributed by atoms with Gasteiger partial charge in [-0.3, -0.25) is 14.2 Å². The quantitative estimate of drug-likeness (QED) is 0.766. The standard InChI is InChI=1S/C12H15N5O3S/c1-8-11(7-14-17(8)2)12(18)15-9-4-3-5-10(6-9)16-21(13,19)20/h3-7,16H,1-2H3,(H,15,18)(H2,13,19,20). The molecule has 2 rings (SSSR count). The third-order valence-electron chi connectivity index (χ3n) is 2.86. The number of amides is 1. The zero-order valence-corrected chi connectivity index (χ0v) is 12.3. The van der Waals surface area contributed by atoms with Crippen LogP contribution in [0.25, 0.3) is 0 Å². The molecule has 1 aromatic heterocycles. The third-order valence-corrected chi connectivity index (χ3v) is 3.38. The van der Waals surface area contributed by atoms with Gasteiger partial charge in [0, 0.05) is 18.4 Å². The van der Waals surface area contributed by atoms with Crippen LogP contribution < -0.4 is 15.2 Å². The molecule has 0 saturated heterocycles. The molecule has 0 bridgehead atoms. The number of hydrogen-bond acceptors (Lipinski definition) is 4. The highest BCUT2D eigenvalue weighted by atomic mass is 32.2. The van der Waals surface area contributed by atoms with Crippen LogP contribution in [0.2, 0.25) is 0 Å². The van der Waals surface area contributed by atoms with E-state index in [0.717, 1.165) is 5.69 Å². The highest BCUT2D eigenvalue weighted by molar-refractivity contribution is 7.90. The van der Waals surface area contributed by atoms with Gasteiger partial charge in [0.15, 0.2) is 0 Å². The molecule has 2 aromatic rings. The lowest BCUT2D eigenvalue weighted by atomic mass is 10.2. The summed E-state index contributed by atoms with van der Waals surface area (Å²) in [5.41, 5.74) is 1.88. The Labute approximate surface area is 122 Å². The van der Waals surface area contributed by atoms with E-state index in [0.29, 0.717) is 11.3 Å². The first-order valence-electron chi connectivity index (χ1n) is 5.97. The molecule has 1 heterocycles. The smallest absolute Gasteiger partial charge is 0.296 e. The molecule has 21 heavy (non-hydrogen) atoms. The number of nitrogens with one attached hydrogen (secondary N) is 2. The van der Waals surface area contributed by atoms with Crippen LogP contribution in [0.3, 0.4) is 0 Å². The fourth-order valence-electron chi connectivity index (χ4n) is 1.74. The second-order valence-corrected chi connectivity index (χ2v) is 5.74. The number of hydrogen-bond donors (Lipinski definition) is 3. The van der Waals surface area contributed by atoms with E-state index in [1.165, 1.54) is 18.3 Å². The number of nitrogens with two attached hydrogens (primary N) is 1. The summed E-state index contributed by atoms with van der Waals surface area (Å²) >= 11 is 0. The molecule has 0 fully saturated rings. The molecule has 4 N–H and O–H groups in total. The van der Waals surface area contributed by atoms with Crippen LogP contribution >= 0.6 is 0 Å². The summed E-state index contributed by atoms with van der Waals surface area (Å²) in [5, 5.41) is 11.6. The average Bonchev–Trinajstić information content (AvgIpc) is 2.68. The Bertz CT molecular complexity index is 782. The molecule has 8 nitrogen and oxygen atoms in total. The molecular weight excluding hydrogens is 294 g/mol. The van der Waals surface area contributed by atoms with Gasteiger partial charge in [0.2, 0.25) is 0 Å². The first kappa shape index (κ1) is 15.0. The Morgan fingerprint density at radius 2 is 2.00 bits per heavy atom. The summed E-state index contributed by atoms with van der Waals surface area (Å²) in [7, 11) is -2.12. The number of anilines is 2. The van der Waals surface area contributed by atoms with E-state index in [4.69, 9.17) is 5.14 Å². The van der Waals surface area contributed by atoms with E-state index in [2.05, 4.69) is 15.1 Å². The summed E-state index contributed by atoms with van der Waals surface area (Å²) in [4.78, 5) is 12.1. The maximum absolute atomic E-state index is 12.1. The summed E-state index contributed by atoms with van der Waals surface area (Å²) in [5.74, 6) is -0.326. The van der Waals surface area contributed by atoms with Crippen LogP contribution in [0.15, 0.2) is 30.5 Å². The summed E-state index contributed by atoms with van der Waals surface area (Å²) in [6.45, 7) is 1.78. The van der Waals surface area contributed by atoms with Crippen LogP contribution in [0, 0.1) is 6.92 Å². The minimum Gasteiger partial charge on any atom is -0.322 e. The van der Waals surface area contributed by atoms with Crippen LogP contribution in [-0.4, -0.2) is 24.1 Å². The van der Waals surface area contributed by atoms with Gasteiger partial charge < -0.3 is 5.32 Å². The molecule has 112 valence electrons. The summed E-state index contributed by atoms with van der Waals surface area (Å²) in [6, 6.07) is 6.22. The van der Waals surface area contributed by atoms with Crippen molar-refractivity contribution < 1.29 is 13.2 Å². The first-order chi connectivity index (χ1) is 9.76. The van der Waals surface area contributed by atoms with E-state index in [1.807, 2.05) is 0 Å². The molecule has 0 spiro atoms. The molecule has 1 amide bonds. The number of carbonyl (C=O) groups is 1. The molecule has 0 atom stereocenters. The van der Waals surface area contributed by atoms with Crippen molar-refractivity contribution in [3.8, 4) is 0 Å². The fraction of sp³-hybridized carbons (Fsp3) is 0.167. The van der Waals surface area contributed by atoms with Crippen molar-refractivity contribution in [2.45, 2.75) is 6.92 Å². The highest BCUT2D eigenvalue weighted by Crippen LogP contribution is 2.17. The van der Waals surface area contributed by atoms with Crippen molar-refractivity contribution in [3.05, 3.63) is 41.7 Å². The number of aryl methyl sites for hydroxylation is 1. The number of carbonyl (C=O) groups excluding carboxylic acids is 1. The minimum atomic E-state index is -3.85. The summed E-state index contributed by atoms with van der Waals surface area (Å²) in [6.07, 6.45) is 1.47. The van der Waals surface area contributed by atoms with Crippen LogP contribution in [0.5, 0.6) is 0 Å². The van der Waals surface area contributed by atoms with E-state index >= 15 is 0 Å². The van der Waals surface area contributed by atoms with Crippen molar-refractivity contribution >= 4 is 27.5 Å². The molecule has 0 unspecified atom stereocenters. The lowest BCUT2D eigenvalue weighted by molar-refractivity contribution is 0.102.